The first kappa shape index (κ1) is 17.9. The molecular formula is C18H14BrClN2O2S. The van der Waals surface area contributed by atoms with Crippen LogP contribution in [0, 0.1) is 0 Å². The highest BCUT2D eigenvalue weighted by atomic mass is 79.9. The minimum Gasteiger partial charge on any atom is -0.488 e. The summed E-state index contributed by atoms with van der Waals surface area (Å²) in [5.74, 6) is 0.495. The monoisotopic (exact) mass is 436 g/mol. The van der Waals surface area contributed by atoms with Crippen molar-refractivity contribution in [2.45, 2.75) is 6.61 Å². The number of benzene rings is 2. The molecule has 0 atom stereocenters. The third-order valence-electron chi connectivity index (χ3n) is 3.66. The standard InChI is InChI=1S/C18H14BrClN2O2S/c1-22-17(23)15(21-18(22)25)9-12-8-13(19)4-7-16(12)24-10-11-2-5-14(20)6-3-11/h2-9H,10H2,1H3,(H,21,25)/b15-9+. The van der Waals surface area contributed by atoms with Gasteiger partial charge in [-0.15, -0.1) is 0 Å². The molecule has 0 saturated carbocycles. The average molecular weight is 438 g/mol. The highest BCUT2D eigenvalue weighted by molar-refractivity contribution is 9.10. The quantitative estimate of drug-likeness (QED) is 0.570. The van der Waals surface area contributed by atoms with Crippen LogP contribution >= 0.6 is 39.7 Å². The fourth-order valence-electron chi connectivity index (χ4n) is 2.28. The number of rotatable bonds is 4. The van der Waals surface area contributed by atoms with Crippen molar-refractivity contribution in [3.05, 3.63) is 68.8 Å². The van der Waals surface area contributed by atoms with Crippen molar-refractivity contribution in [3.8, 4) is 5.75 Å². The zero-order chi connectivity index (χ0) is 18.0. The summed E-state index contributed by atoms with van der Waals surface area (Å²) < 4.78 is 6.81. The van der Waals surface area contributed by atoms with E-state index in [9.17, 15) is 4.79 Å². The van der Waals surface area contributed by atoms with E-state index in [1.54, 1.807) is 13.1 Å². The third-order valence-corrected chi connectivity index (χ3v) is 4.78. The molecule has 25 heavy (non-hydrogen) atoms. The molecule has 1 N–H and O–H groups in total. The van der Waals surface area contributed by atoms with Crippen LogP contribution in [0.25, 0.3) is 6.08 Å². The first-order valence-corrected chi connectivity index (χ1v) is 8.99. The molecule has 3 rings (SSSR count). The third kappa shape index (κ3) is 4.21. The van der Waals surface area contributed by atoms with Gasteiger partial charge in [-0.1, -0.05) is 39.7 Å². The van der Waals surface area contributed by atoms with Gasteiger partial charge in [0.05, 0.1) is 0 Å². The number of nitrogens with one attached hydrogen (secondary N) is 1. The molecule has 1 aliphatic rings. The van der Waals surface area contributed by atoms with Crippen LogP contribution in [0.2, 0.25) is 5.02 Å². The van der Waals surface area contributed by atoms with E-state index in [0.29, 0.717) is 28.2 Å². The summed E-state index contributed by atoms with van der Waals surface area (Å²) in [6, 6.07) is 13.1. The van der Waals surface area contributed by atoms with Gasteiger partial charge in [0.15, 0.2) is 5.11 Å². The van der Waals surface area contributed by atoms with Gasteiger partial charge in [0.25, 0.3) is 5.91 Å². The molecule has 1 heterocycles. The lowest BCUT2D eigenvalue weighted by atomic mass is 10.1. The maximum Gasteiger partial charge on any atom is 0.276 e. The second kappa shape index (κ2) is 7.56. The number of hydrogen-bond donors (Lipinski definition) is 1. The molecular weight excluding hydrogens is 424 g/mol. The molecule has 2 aromatic rings. The first-order chi connectivity index (χ1) is 11.9. The molecule has 0 bridgehead atoms. The van der Waals surface area contributed by atoms with E-state index in [0.717, 1.165) is 15.6 Å². The van der Waals surface area contributed by atoms with Gasteiger partial charge in [-0.2, -0.15) is 0 Å². The topological polar surface area (TPSA) is 41.6 Å². The Morgan fingerprint density at radius 3 is 2.64 bits per heavy atom. The summed E-state index contributed by atoms with van der Waals surface area (Å²) in [4.78, 5) is 13.6. The van der Waals surface area contributed by atoms with Gasteiger partial charge in [-0.05, 0) is 54.2 Å². The van der Waals surface area contributed by atoms with Gasteiger partial charge in [0.1, 0.15) is 18.1 Å². The number of thiocarbonyl (C=S) groups is 1. The predicted molar refractivity (Wildman–Crippen MR) is 106 cm³/mol. The lowest BCUT2D eigenvalue weighted by molar-refractivity contribution is -0.121. The van der Waals surface area contributed by atoms with E-state index in [-0.39, 0.29) is 5.91 Å². The van der Waals surface area contributed by atoms with Crippen LogP contribution in [0.4, 0.5) is 0 Å². The molecule has 0 aromatic heterocycles. The van der Waals surface area contributed by atoms with Crippen molar-refractivity contribution in [1.82, 2.24) is 10.2 Å². The van der Waals surface area contributed by atoms with Crippen molar-refractivity contribution < 1.29 is 9.53 Å². The minimum atomic E-state index is -0.173. The average Bonchev–Trinajstić information content (AvgIpc) is 2.83. The van der Waals surface area contributed by atoms with E-state index < -0.39 is 0 Å². The Morgan fingerprint density at radius 2 is 2.00 bits per heavy atom. The number of carbonyl (C=O) groups excluding carboxylic acids is 1. The lowest BCUT2D eigenvalue weighted by Crippen LogP contribution is -2.25. The minimum absolute atomic E-state index is 0.173. The highest BCUT2D eigenvalue weighted by Gasteiger charge is 2.27. The van der Waals surface area contributed by atoms with Crippen LogP contribution in [0.5, 0.6) is 5.75 Å². The zero-order valence-corrected chi connectivity index (χ0v) is 16.4. The molecule has 1 amide bonds. The zero-order valence-electron chi connectivity index (χ0n) is 13.3. The maximum absolute atomic E-state index is 12.2. The first-order valence-electron chi connectivity index (χ1n) is 7.41. The molecule has 0 unspecified atom stereocenters. The fraction of sp³-hybridized carbons (Fsp3) is 0.111. The van der Waals surface area contributed by atoms with Gasteiger partial charge in [-0.25, -0.2) is 0 Å². The van der Waals surface area contributed by atoms with E-state index >= 15 is 0 Å². The number of amides is 1. The Bertz CT molecular complexity index is 868. The number of hydrogen-bond acceptors (Lipinski definition) is 3. The Labute approximate surface area is 164 Å². The number of halogens is 2. The number of ether oxygens (including phenoxy) is 1. The SMILES string of the molecule is CN1C(=O)/C(=C\c2cc(Br)ccc2OCc2ccc(Cl)cc2)NC1=S. The lowest BCUT2D eigenvalue weighted by Gasteiger charge is -2.10. The number of likely N-dealkylation sites (N-methyl/N-ethyl adjacent to an activating group) is 1. The maximum atomic E-state index is 12.2. The molecule has 4 nitrogen and oxygen atoms in total. The molecule has 0 spiro atoms. The van der Waals surface area contributed by atoms with Crippen molar-refractivity contribution in [2.75, 3.05) is 7.05 Å². The summed E-state index contributed by atoms with van der Waals surface area (Å²) in [6.45, 7) is 0.397. The van der Waals surface area contributed by atoms with Gasteiger partial charge < -0.3 is 10.1 Å². The van der Waals surface area contributed by atoms with Crippen LogP contribution in [0.15, 0.2) is 52.6 Å². The van der Waals surface area contributed by atoms with Gasteiger partial charge in [-0.3, -0.25) is 9.69 Å². The highest BCUT2D eigenvalue weighted by Crippen LogP contribution is 2.27. The molecule has 1 aliphatic heterocycles. The Balaban J connectivity index is 1.84. The summed E-state index contributed by atoms with van der Waals surface area (Å²) in [6.07, 6.45) is 1.74. The second-order valence-corrected chi connectivity index (χ2v) is 7.19. The smallest absolute Gasteiger partial charge is 0.276 e. The van der Waals surface area contributed by atoms with Crippen LogP contribution in [0.3, 0.4) is 0 Å². The van der Waals surface area contributed by atoms with Crippen LogP contribution < -0.4 is 10.1 Å². The van der Waals surface area contributed by atoms with Crippen molar-refractivity contribution in [3.63, 3.8) is 0 Å². The summed E-state index contributed by atoms with van der Waals surface area (Å²) in [5.41, 5.74) is 2.20. The Morgan fingerprint density at radius 1 is 1.28 bits per heavy atom. The molecule has 2 aromatic carbocycles. The predicted octanol–water partition coefficient (Wildman–Crippen LogP) is 4.37. The van der Waals surface area contributed by atoms with E-state index in [1.807, 2.05) is 42.5 Å². The molecule has 0 aliphatic carbocycles. The van der Waals surface area contributed by atoms with Gasteiger partial charge in [0.2, 0.25) is 0 Å². The Kier molecular flexibility index (Phi) is 5.42. The number of carbonyl (C=O) groups is 1. The van der Waals surface area contributed by atoms with Crippen LogP contribution in [-0.4, -0.2) is 23.0 Å². The summed E-state index contributed by atoms with van der Waals surface area (Å²) in [7, 11) is 1.64. The van der Waals surface area contributed by atoms with E-state index in [2.05, 4.69) is 21.2 Å². The molecule has 1 fully saturated rings. The number of nitrogens with zero attached hydrogens (tertiary/aromatic N) is 1. The second-order valence-electron chi connectivity index (χ2n) is 5.45. The van der Waals surface area contributed by atoms with Gasteiger partial charge in [0, 0.05) is 22.1 Å². The van der Waals surface area contributed by atoms with Crippen molar-refractivity contribution in [1.29, 1.82) is 0 Å². The van der Waals surface area contributed by atoms with Crippen LogP contribution in [-0.2, 0) is 11.4 Å². The molecule has 0 radical (unpaired) electrons. The summed E-state index contributed by atoms with van der Waals surface area (Å²) >= 11 is 14.4. The molecule has 128 valence electrons. The molecule has 1 saturated heterocycles. The Hall–Kier alpha value is -1.89. The largest absolute Gasteiger partial charge is 0.488 e. The van der Waals surface area contributed by atoms with E-state index in [1.165, 1.54) is 4.90 Å². The molecule has 7 heteroatoms. The fourth-order valence-corrected chi connectivity index (χ4v) is 2.98. The summed E-state index contributed by atoms with van der Waals surface area (Å²) in [5, 5.41) is 3.98. The van der Waals surface area contributed by atoms with Crippen molar-refractivity contribution in [2.24, 2.45) is 0 Å². The van der Waals surface area contributed by atoms with Gasteiger partial charge >= 0.3 is 0 Å². The normalized spacial score (nSPS) is 15.6. The van der Waals surface area contributed by atoms with Crippen LogP contribution in [0.1, 0.15) is 11.1 Å². The van der Waals surface area contributed by atoms with E-state index in [4.69, 9.17) is 28.6 Å². The van der Waals surface area contributed by atoms with Crippen molar-refractivity contribution >= 4 is 56.8 Å².